The van der Waals surface area contributed by atoms with Crippen molar-refractivity contribution >= 4 is 17.4 Å². The van der Waals surface area contributed by atoms with Gasteiger partial charge in [0.05, 0.1) is 11.1 Å². The van der Waals surface area contributed by atoms with E-state index in [9.17, 15) is 9.90 Å². The lowest BCUT2D eigenvalue weighted by Gasteiger charge is -2.34. The van der Waals surface area contributed by atoms with Crippen LogP contribution >= 0.6 is 11.6 Å². The zero-order valence-electron chi connectivity index (χ0n) is 11.2. The van der Waals surface area contributed by atoms with Gasteiger partial charge in [-0.3, -0.25) is 4.79 Å². The molecule has 0 radical (unpaired) electrons. The summed E-state index contributed by atoms with van der Waals surface area (Å²) in [5, 5.41) is 9.77. The molecule has 1 aromatic carbocycles. The second kappa shape index (κ2) is 6.51. The number of halogens is 1. The molecule has 0 aliphatic heterocycles. The summed E-state index contributed by atoms with van der Waals surface area (Å²) in [5.41, 5.74) is 0.608. The van der Waals surface area contributed by atoms with Crippen molar-refractivity contribution in [3.05, 3.63) is 34.9 Å². The molecule has 0 atom stereocenters. The molecule has 104 valence electrons. The van der Waals surface area contributed by atoms with Gasteiger partial charge in [-0.2, -0.15) is 0 Å². The SMILES string of the molecule is CN(CCC(=O)c1ccccc1Cl)CC1CC(O)C1. The molecule has 19 heavy (non-hydrogen) atoms. The standard InChI is InChI=1S/C15H20ClNO2/c1-17(10-11-8-12(18)9-11)7-6-15(19)13-4-2-3-5-14(13)16/h2-5,11-12,18H,6-10H2,1H3. The Kier molecular flexibility index (Phi) is 4.97. The van der Waals surface area contributed by atoms with Crippen LogP contribution < -0.4 is 0 Å². The van der Waals surface area contributed by atoms with E-state index in [0.717, 1.165) is 25.9 Å². The molecular weight excluding hydrogens is 262 g/mol. The Morgan fingerprint density at radius 2 is 2.11 bits per heavy atom. The number of carbonyl (C=O) groups is 1. The molecule has 1 N–H and O–H groups in total. The molecule has 0 heterocycles. The van der Waals surface area contributed by atoms with Crippen LogP contribution in [0.2, 0.25) is 5.02 Å². The molecule has 1 aliphatic carbocycles. The first-order valence-electron chi connectivity index (χ1n) is 6.70. The normalized spacial score (nSPS) is 22.3. The lowest BCUT2D eigenvalue weighted by atomic mass is 9.82. The quantitative estimate of drug-likeness (QED) is 0.815. The Bertz CT molecular complexity index is 444. The van der Waals surface area contributed by atoms with Gasteiger partial charge in [0.1, 0.15) is 0 Å². The van der Waals surface area contributed by atoms with Crippen molar-refractivity contribution in [1.82, 2.24) is 4.90 Å². The molecule has 1 fully saturated rings. The van der Waals surface area contributed by atoms with E-state index in [1.54, 1.807) is 12.1 Å². The number of benzene rings is 1. The Morgan fingerprint density at radius 3 is 2.74 bits per heavy atom. The maximum absolute atomic E-state index is 12.0. The number of hydrogen-bond donors (Lipinski definition) is 1. The van der Waals surface area contributed by atoms with E-state index in [0.29, 0.717) is 22.9 Å². The molecule has 0 amide bonds. The maximum atomic E-state index is 12.0. The molecule has 0 aromatic heterocycles. The van der Waals surface area contributed by atoms with Crippen LogP contribution in [0.15, 0.2) is 24.3 Å². The van der Waals surface area contributed by atoms with Gasteiger partial charge in [0.15, 0.2) is 5.78 Å². The lowest BCUT2D eigenvalue weighted by Crippen LogP contribution is -2.37. The average molecular weight is 282 g/mol. The van der Waals surface area contributed by atoms with Gasteiger partial charge in [-0.15, -0.1) is 0 Å². The molecule has 0 unspecified atom stereocenters. The van der Waals surface area contributed by atoms with Gasteiger partial charge in [-0.25, -0.2) is 0 Å². The summed E-state index contributed by atoms with van der Waals surface area (Å²) in [6.45, 7) is 1.68. The Hall–Kier alpha value is -0.900. The Balaban J connectivity index is 1.75. The summed E-state index contributed by atoms with van der Waals surface area (Å²) in [4.78, 5) is 14.2. The first kappa shape index (κ1) is 14.5. The van der Waals surface area contributed by atoms with E-state index < -0.39 is 0 Å². The fourth-order valence-corrected chi connectivity index (χ4v) is 2.74. The van der Waals surface area contributed by atoms with Crippen molar-refractivity contribution in [3.8, 4) is 0 Å². The molecule has 2 rings (SSSR count). The predicted octanol–water partition coefficient (Wildman–Crippen LogP) is 2.62. The molecule has 3 nitrogen and oxygen atoms in total. The number of ketones is 1. The lowest BCUT2D eigenvalue weighted by molar-refractivity contribution is 0.0281. The topological polar surface area (TPSA) is 40.5 Å². The number of Topliss-reactive ketones (excluding diaryl/α,β-unsaturated/α-hetero) is 1. The van der Waals surface area contributed by atoms with Gasteiger partial charge in [-0.05, 0) is 37.9 Å². The average Bonchev–Trinajstić information content (AvgIpc) is 2.35. The van der Waals surface area contributed by atoms with Crippen LogP contribution in [0.5, 0.6) is 0 Å². The number of rotatable bonds is 6. The highest BCUT2D eigenvalue weighted by atomic mass is 35.5. The molecule has 4 heteroatoms. The van der Waals surface area contributed by atoms with Crippen LogP contribution in [0.4, 0.5) is 0 Å². The minimum Gasteiger partial charge on any atom is -0.393 e. The second-order valence-corrected chi connectivity index (χ2v) is 5.81. The number of carbonyl (C=O) groups excluding carboxylic acids is 1. The van der Waals surface area contributed by atoms with E-state index in [2.05, 4.69) is 4.90 Å². The van der Waals surface area contributed by atoms with Crippen molar-refractivity contribution in [1.29, 1.82) is 0 Å². The highest BCUT2D eigenvalue weighted by Gasteiger charge is 2.27. The minimum atomic E-state index is -0.108. The second-order valence-electron chi connectivity index (χ2n) is 5.41. The zero-order chi connectivity index (χ0) is 13.8. The summed E-state index contributed by atoms with van der Waals surface area (Å²) in [7, 11) is 2.02. The van der Waals surface area contributed by atoms with E-state index in [4.69, 9.17) is 11.6 Å². The third-order valence-corrected chi connectivity index (χ3v) is 4.01. The maximum Gasteiger partial charge on any atom is 0.165 e. The van der Waals surface area contributed by atoms with Crippen molar-refractivity contribution in [2.45, 2.75) is 25.4 Å². The van der Waals surface area contributed by atoms with Crippen LogP contribution in [0.25, 0.3) is 0 Å². The molecule has 1 aromatic rings. The third kappa shape index (κ3) is 4.03. The predicted molar refractivity (Wildman–Crippen MR) is 76.6 cm³/mol. The van der Waals surface area contributed by atoms with Gasteiger partial charge < -0.3 is 10.0 Å². The summed E-state index contributed by atoms with van der Waals surface area (Å²) in [6, 6.07) is 7.17. The first-order chi connectivity index (χ1) is 9.06. The van der Waals surface area contributed by atoms with E-state index in [1.807, 2.05) is 19.2 Å². The molecule has 0 spiro atoms. The smallest absolute Gasteiger partial charge is 0.165 e. The van der Waals surface area contributed by atoms with Crippen LogP contribution in [0, 0.1) is 5.92 Å². The molecule has 1 saturated carbocycles. The van der Waals surface area contributed by atoms with Gasteiger partial charge in [0.25, 0.3) is 0 Å². The minimum absolute atomic E-state index is 0.0890. The van der Waals surface area contributed by atoms with Crippen LogP contribution in [0.3, 0.4) is 0 Å². The monoisotopic (exact) mass is 281 g/mol. The Morgan fingerprint density at radius 1 is 1.42 bits per heavy atom. The summed E-state index contributed by atoms with van der Waals surface area (Å²) < 4.78 is 0. The molecular formula is C15H20ClNO2. The van der Waals surface area contributed by atoms with E-state index in [-0.39, 0.29) is 11.9 Å². The molecule has 0 bridgehead atoms. The Labute approximate surface area is 119 Å². The number of hydrogen-bond acceptors (Lipinski definition) is 3. The highest BCUT2D eigenvalue weighted by Crippen LogP contribution is 2.27. The first-order valence-corrected chi connectivity index (χ1v) is 7.08. The van der Waals surface area contributed by atoms with Gasteiger partial charge in [0.2, 0.25) is 0 Å². The number of aliphatic hydroxyl groups is 1. The largest absolute Gasteiger partial charge is 0.393 e. The molecule has 0 saturated heterocycles. The van der Waals surface area contributed by atoms with E-state index >= 15 is 0 Å². The summed E-state index contributed by atoms with van der Waals surface area (Å²) in [6.07, 6.45) is 2.16. The molecule has 1 aliphatic rings. The summed E-state index contributed by atoms with van der Waals surface area (Å²) in [5.74, 6) is 0.668. The van der Waals surface area contributed by atoms with Gasteiger partial charge in [0, 0.05) is 25.1 Å². The van der Waals surface area contributed by atoms with Gasteiger partial charge in [-0.1, -0.05) is 23.7 Å². The third-order valence-electron chi connectivity index (χ3n) is 3.68. The number of nitrogens with zero attached hydrogens (tertiary/aromatic N) is 1. The fourth-order valence-electron chi connectivity index (χ4n) is 2.50. The zero-order valence-corrected chi connectivity index (χ0v) is 11.9. The van der Waals surface area contributed by atoms with Crippen LogP contribution in [-0.2, 0) is 0 Å². The highest BCUT2D eigenvalue weighted by molar-refractivity contribution is 6.33. The van der Waals surface area contributed by atoms with Crippen LogP contribution in [-0.4, -0.2) is 42.0 Å². The fraction of sp³-hybridized carbons (Fsp3) is 0.533. The van der Waals surface area contributed by atoms with E-state index in [1.165, 1.54) is 0 Å². The summed E-state index contributed by atoms with van der Waals surface area (Å²) >= 11 is 6.00. The number of aliphatic hydroxyl groups excluding tert-OH is 1. The van der Waals surface area contributed by atoms with Crippen molar-refractivity contribution in [3.63, 3.8) is 0 Å². The van der Waals surface area contributed by atoms with Crippen molar-refractivity contribution in [2.75, 3.05) is 20.1 Å². The van der Waals surface area contributed by atoms with Gasteiger partial charge >= 0.3 is 0 Å². The van der Waals surface area contributed by atoms with Crippen molar-refractivity contribution in [2.24, 2.45) is 5.92 Å². The van der Waals surface area contributed by atoms with Crippen molar-refractivity contribution < 1.29 is 9.90 Å². The van der Waals surface area contributed by atoms with Crippen LogP contribution in [0.1, 0.15) is 29.6 Å².